The largest absolute Gasteiger partial charge is 1.00 e. The summed E-state index contributed by atoms with van der Waals surface area (Å²) in [6.45, 7) is 1.96. The van der Waals surface area contributed by atoms with Crippen LogP contribution in [0.5, 0.6) is 0 Å². The monoisotopic (exact) mass is 347 g/mol. The van der Waals surface area contributed by atoms with Crippen LogP contribution in [0.1, 0.15) is 19.0 Å². The molecule has 0 unspecified atom stereocenters. The number of hydrogen-bond donors (Lipinski definition) is 1. The van der Waals surface area contributed by atoms with Crippen LogP contribution in [-0.4, -0.2) is 28.2 Å². The molecule has 9 heteroatoms. The van der Waals surface area contributed by atoms with Crippen LogP contribution >= 0.6 is 0 Å². The Labute approximate surface area is 157 Å². The molecular weight excluding hydrogens is 329 g/mol. The zero-order chi connectivity index (χ0) is 16.3. The van der Waals surface area contributed by atoms with Crippen molar-refractivity contribution in [3.05, 3.63) is 46.4 Å². The van der Waals surface area contributed by atoms with Crippen LogP contribution in [0.4, 0.5) is 5.69 Å². The van der Waals surface area contributed by atoms with Crippen molar-refractivity contribution in [2.24, 2.45) is 7.05 Å². The second-order valence-corrected chi connectivity index (χ2v) is 6.33. The van der Waals surface area contributed by atoms with Gasteiger partial charge in [-0.05, 0) is 18.6 Å². The minimum Gasteiger partial charge on any atom is -0.747 e. The summed E-state index contributed by atoms with van der Waals surface area (Å²) < 4.78 is 35.6. The molecule has 0 aliphatic heterocycles. The molecule has 2 aromatic rings. The van der Waals surface area contributed by atoms with Gasteiger partial charge in [0.25, 0.3) is 5.56 Å². The summed E-state index contributed by atoms with van der Waals surface area (Å²) in [7, 11) is -2.73. The van der Waals surface area contributed by atoms with Crippen molar-refractivity contribution in [1.29, 1.82) is 0 Å². The van der Waals surface area contributed by atoms with Crippen LogP contribution in [0.3, 0.4) is 0 Å². The third-order valence-electron chi connectivity index (χ3n) is 3.30. The molecule has 1 aromatic heterocycles. The van der Waals surface area contributed by atoms with Gasteiger partial charge in [0, 0.05) is 7.05 Å². The van der Waals surface area contributed by atoms with Crippen LogP contribution in [0, 0.1) is 0 Å². The van der Waals surface area contributed by atoms with E-state index in [4.69, 9.17) is 0 Å². The molecule has 7 nitrogen and oxygen atoms in total. The van der Waals surface area contributed by atoms with E-state index in [1.165, 1.54) is 4.68 Å². The first-order valence-corrected chi connectivity index (χ1v) is 8.46. The maximum atomic E-state index is 12.6. The van der Waals surface area contributed by atoms with Crippen molar-refractivity contribution in [2.75, 3.05) is 11.2 Å². The molecule has 120 valence electrons. The second-order valence-electron chi connectivity index (χ2n) is 4.93. The smallest absolute Gasteiger partial charge is 0.747 e. The third kappa shape index (κ3) is 4.71. The van der Waals surface area contributed by atoms with Gasteiger partial charge in [-0.3, -0.25) is 9.48 Å². The van der Waals surface area contributed by atoms with E-state index in [9.17, 15) is 17.8 Å². The van der Waals surface area contributed by atoms with Gasteiger partial charge >= 0.3 is 29.6 Å². The Balaban J connectivity index is 0.00000264. The average Bonchev–Trinajstić information content (AvgIpc) is 2.69. The van der Waals surface area contributed by atoms with Gasteiger partial charge in [0.15, 0.2) is 0 Å². The minimum atomic E-state index is -4.46. The first kappa shape index (κ1) is 20.0. The fourth-order valence-corrected chi connectivity index (χ4v) is 2.69. The predicted octanol–water partition coefficient (Wildman–Crippen LogP) is -1.95. The summed E-state index contributed by atoms with van der Waals surface area (Å²) in [6, 6.07) is 9.02. The number of benzene rings is 1. The molecule has 0 amide bonds. The van der Waals surface area contributed by atoms with Crippen LogP contribution in [-0.2, 0) is 23.6 Å². The van der Waals surface area contributed by atoms with Gasteiger partial charge in [-0.25, -0.2) is 13.1 Å². The summed E-state index contributed by atoms with van der Waals surface area (Å²) in [5.41, 5.74) is 1.12. The summed E-state index contributed by atoms with van der Waals surface area (Å²) in [5, 5.41) is 2.48. The maximum absolute atomic E-state index is 12.6. The fraction of sp³-hybridized carbons (Fsp3) is 0.357. The van der Waals surface area contributed by atoms with Gasteiger partial charge in [-0.2, -0.15) is 0 Å². The van der Waals surface area contributed by atoms with E-state index in [2.05, 4.69) is 5.32 Å². The summed E-state index contributed by atoms with van der Waals surface area (Å²) in [5.74, 6) is -0.808. The molecule has 1 aromatic carbocycles. The van der Waals surface area contributed by atoms with E-state index in [0.717, 1.165) is 6.42 Å². The standard InChI is InChI=1S/C14H19N3O4S.Na/c1-3-7-12-13(15-10-22(19,20)21)14(18)17(16(12)2)11-8-5-4-6-9-11;/h4-6,8-9,15H,3,7,10H2,1-2H3,(H,19,20,21);/q;+1/p-1. The predicted molar refractivity (Wildman–Crippen MR) is 83.2 cm³/mol. The zero-order valence-electron chi connectivity index (χ0n) is 13.4. The van der Waals surface area contributed by atoms with Gasteiger partial charge in [0.2, 0.25) is 0 Å². The van der Waals surface area contributed by atoms with Crippen LogP contribution in [0.15, 0.2) is 35.1 Å². The van der Waals surface area contributed by atoms with E-state index < -0.39 is 16.0 Å². The zero-order valence-corrected chi connectivity index (χ0v) is 16.3. The first-order valence-electron chi connectivity index (χ1n) is 6.89. The number of para-hydroxylation sites is 1. The topological polar surface area (TPSA) is 96.2 Å². The Morgan fingerprint density at radius 2 is 1.83 bits per heavy atom. The molecular formula is C14H18N3NaO4S. The summed E-state index contributed by atoms with van der Waals surface area (Å²) >= 11 is 0. The van der Waals surface area contributed by atoms with Crippen molar-refractivity contribution < 1.29 is 42.5 Å². The van der Waals surface area contributed by atoms with Gasteiger partial charge in [0.1, 0.15) is 21.7 Å². The number of aromatic nitrogens is 2. The Morgan fingerprint density at radius 3 is 2.35 bits per heavy atom. The van der Waals surface area contributed by atoms with Gasteiger partial charge < -0.3 is 9.87 Å². The Bertz CT molecular complexity index is 813. The normalized spacial score (nSPS) is 11.1. The Morgan fingerprint density at radius 1 is 1.22 bits per heavy atom. The van der Waals surface area contributed by atoms with Crippen molar-refractivity contribution in [1.82, 2.24) is 9.36 Å². The second kappa shape index (κ2) is 8.16. The molecule has 0 atom stereocenters. The third-order valence-corrected chi connectivity index (χ3v) is 3.80. The molecule has 0 aliphatic rings. The molecule has 0 radical (unpaired) electrons. The molecule has 0 saturated heterocycles. The molecule has 2 rings (SSSR count). The van der Waals surface area contributed by atoms with E-state index in [0.29, 0.717) is 17.8 Å². The van der Waals surface area contributed by atoms with Crippen LogP contribution in [0.2, 0.25) is 0 Å². The fourth-order valence-electron chi connectivity index (χ4n) is 2.37. The summed E-state index contributed by atoms with van der Waals surface area (Å²) in [4.78, 5) is 12.6. The van der Waals surface area contributed by atoms with Gasteiger partial charge in [-0.1, -0.05) is 31.5 Å². The first-order chi connectivity index (χ1) is 10.3. The molecule has 1 N–H and O–H groups in total. The quantitative estimate of drug-likeness (QED) is 0.484. The van der Waals surface area contributed by atoms with Gasteiger partial charge in [0.05, 0.1) is 11.4 Å². The van der Waals surface area contributed by atoms with Crippen molar-refractivity contribution >= 4 is 15.8 Å². The number of hydrogen-bond acceptors (Lipinski definition) is 5. The maximum Gasteiger partial charge on any atom is 1.00 e. The van der Waals surface area contributed by atoms with Crippen LogP contribution in [0.25, 0.3) is 5.69 Å². The Kier molecular flexibility index (Phi) is 7.09. The molecule has 0 spiro atoms. The van der Waals surface area contributed by atoms with E-state index in [1.54, 1.807) is 23.9 Å². The number of anilines is 1. The molecule has 0 aliphatic carbocycles. The number of nitrogens with one attached hydrogen (secondary N) is 1. The molecule has 0 saturated carbocycles. The minimum absolute atomic E-state index is 0. The molecule has 23 heavy (non-hydrogen) atoms. The Hall–Kier alpha value is -1.06. The van der Waals surface area contributed by atoms with E-state index in [-0.39, 0.29) is 40.8 Å². The van der Waals surface area contributed by atoms with E-state index in [1.807, 2.05) is 25.1 Å². The van der Waals surface area contributed by atoms with E-state index >= 15 is 0 Å². The van der Waals surface area contributed by atoms with Crippen molar-refractivity contribution in [3.8, 4) is 5.69 Å². The van der Waals surface area contributed by atoms with Gasteiger partial charge in [-0.15, -0.1) is 0 Å². The SMILES string of the molecule is CCCc1c(NCS(=O)(=O)[O-])c(=O)n(-c2ccccc2)n1C.[Na+]. The van der Waals surface area contributed by atoms with Crippen LogP contribution < -0.4 is 40.4 Å². The molecule has 0 fully saturated rings. The molecule has 0 bridgehead atoms. The number of nitrogens with zero attached hydrogens (tertiary/aromatic N) is 2. The molecule has 1 heterocycles. The summed E-state index contributed by atoms with van der Waals surface area (Å²) in [6.07, 6.45) is 1.37. The van der Waals surface area contributed by atoms with Crippen molar-refractivity contribution in [3.63, 3.8) is 0 Å². The van der Waals surface area contributed by atoms with Crippen molar-refractivity contribution in [2.45, 2.75) is 19.8 Å². The average molecular weight is 347 g/mol. The number of rotatable bonds is 6.